The molecule has 0 aliphatic rings. The van der Waals surface area contributed by atoms with Crippen molar-refractivity contribution in [3.8, 4) is 0 Å². The van der Waals surface area contributed by atoms with E-state index in [0.717, 1.165) is 0 Å². The minimum absolute atomic E-state index is 0. The maximum Gasteiger partial charge on any atom is 1.00 e. The van der Waals surface area contributed by atoms with E-state index in [2.05, 4.69) is 4.98 Å². The van der Waals surface area contributed by atoms with Crippen LogP contribution in [0.15, 0.2) is 12.3 Å². The third-order valence-electron chi connectivity index (χ3n) is 1.01. The Bertz CT molecular complexity index is 311. The molecule has 0 amide bonds. The number of aromatic nitrogens is 1. The average molecular weight is 216 g/mol. The Morgan fingerprint density at radius 2 is 2.17 bits per heavy atom. The zero-order valence-corrected chi connectivity index (χ0v) is 9.73. The van der Waals surface area contributed by atoms with Crippen molar-refractivity contribution in [1.82, 2.24) is 4.98 Å². The van der Waals surface area contributed by atoms with Crippen molar-refractivity contribution in [2.75, 3.05) is 0 Å². The standard InChI is InChI=1S/C6H3Cl2NO2.Na.H/c7-3-1-4(8)5(6(10)11)9-2-3;;/h1-2H,(H,10,11);;/q;+1;-1. The molecule has 0 aliphatic carbocycles. The van der Waals surface area contributed by atoms with Crippen LogP contribution in [-0.4, -0.2) is 16.1 Å². The molecule has 1 N–H and O–H groups in total. The van der Waals surface area contributed by atoms with Crippen LogP contribution >= 0.6 is 23.2 Å². The van der Waals surface area contributed by atoms with E-state index in [1.165, 1.54) is 12.3 Å². The Morgan fingerprint density at radius 1 is 1.58 bits per heavy atom. The minimum Gasteiger partial charge on any atom is -1.00 e. The predicted molar refractivity (Wildman–Crippen MR) is 42.3 cm³/mol. The summed E-state index contributed by atoms with van der Waals surface area (Å²) < 4.78 is 0. The van der Waals surface area contributed by atoms with Crippen LogP contribution in [0.3, 0.4) is 0 Å². The zero-order valence-electron chi connectivity index (χ0n) is 7.21. The van der Waals surface area contributed by atoms with E-state index in [-0.39, 0.29) is 41.7 Å². The molecule has 1 aromatic rings. The van der Waals surface area contributed by atoms with Gasteiger partial charge in [0.25, 0.3) is 0 Å². The summed E-state index contributed by atoms with van der Waals surface area (Å²) in [4.78, 5) is 13.9. The van der Waals surface area contributed by atoms with Crippen LogP contribution in [0.5, 0.6) is 0 Å². The maximum absolute atomic E-state index is 10.3. The first kappa shape index (κ1) is 12.2. The van der Waals surface area contributed by atoms with Gasteiger partial charge in [-0.3, -0.25) is 0 Å². The summed E-state index contributed by atoms with van der Waals surface area (Å²) in [7, 11) is 0. The topological polar surface area (TPSA) is 50.2 Å². The fraction of sp³-hybridized carbons (Fsp3) is 0. The van der Waals surface area contributed by atoms with Gasteiger partial charge in [-0.1, -0.05) is 23.2 Å². The number of rotatable bonds is 1. The molecule has 0 radical (unpaired) electrons. The number of aromatic carboxylic acids is 1. The molecule has 12 heavy (non-hydrogen) atoms. The molecule has 0 unspecified atom stereocenters. The van der Waals surface area contributed by atoms with Gasteiger partial charge >= 0.3 is 35.5 Å². The number of halogens is 2. The molecule has 0 aliphatic heterocycles. The molecule has 1 aromatic heterocycles. The number of hydrogen-bond acceptors (Lipinski definition) is 2. The van der Waals surface area contributed by atoms with Gasteiger partial charge in [0.1, 0.15) is 0 Å². The summed E-state index contributed by atoms with van der Waals surface area (Å²) in [6.45, 7) is 0. The Hall–Kier alpha value is 0.200. The molecule has 0 aromatic carbocycles. The normalized spacial score (nSPS) is 8.83. The molecule has 0 spiro atoms. The summed E-state index contributed by atoms with van der Waals surface area (Å²) in [6.07, 6.45) is 1.23. The van der Waals surface area contributed by atoms with Crippen molar-refractivity contribution in [3.63, 3.8) is 0 Å². The van der Waals surface area contributed by atoms with Gasteiger partial charge in [-0.2, -0.15) is 0 Å². The largest absolute Gasteiger partial charge is 1.00 e. The predicted octanol–water partition coefficient (Wildman–Crippen LogP) is -0.797. The van der Waals surface area contributed by atoms with Gasteiger partial charge in [-0.25, -0.2) is 9.78 Å². The third kappa shape index (κ3) is 2.92. The summed E-state index contributed by atoms with van der Waals surface area (Å²) in [5.74, 6) is -1.16. The van der Waals surface area contributed by atoms with E-state index in [9.17, 15) is 4.79 Å². The Morgan fingerprint density at radius 3 is 2.58 bits per heavy atom. The molecule has 60 valence electrons. The smallest absolute Gasteiger partial charge is 1.00 e. The number of hydrogen-bond donors (Lipinski definition) is 1. The van der Waals surface area contributed by atoms with E-state index in [1.807, 2.05) is 0 Å². The molecule has 0 saturated carbocycles. The molecule has 0 saturated heterocycles. The molecular formula is C6H4Cl2NNaO2. The minimum atomic E-state index is -1.16. The molecule has 1 rings (SSSR count). The van der Waals surface area contributed by atoms with Crippen molar-refractivity contribution in [1.29, 1.82) is 0 Å². The molecule has 0 atom stereocenters. The second-order valence-corrected chi connectivity index (χ2v) is 2.63. The summed E-state index contributed by atoms with van der Waals surface area (Å²) in [5.41, 5.74) is -0.184. The Kier molecular flexibility index (Phi) is 5.13. The fourth-order valence-corrected chi connectivity index (χ4v) is 1.03. The quantitative estimate of drug-likeness (QED) is 0.625. The first-order valence-electron chi connectivity index (χ1n) is 2.65. The number of carboxylic acid groups (broad SMARTS) is 1. The van der Waals surface area contributed by atoms with Crippen LogP contribution in [0.1, 0.15) is 11.9 Å². The van der Waals surface area contributed by atoms with Crippen molar-refractivity contribution in [3.05, 3.63) is 28.0 Å². The van der Waals surface area contributed by atoms with Crippen molar-refractivity contribution < 1.29 is 40.9 Å². The van der Waals surface area contributed by atoms with Crippen LogP contribution < -0.4 is 29.6 Å². The van der Waals surface area contributed by atoms with Crippen LogP contribution in [0.25, 0.3) is 0 Å². The molecule has 0 fully saturated rings. The van der Waals surface area contributed by atoms with E-state index in [4.69, 9.17) is 28.3 Å². The molecule has 6 heteroatoms. The van der Waals surface area contributed by atoms with E-state index < -0.39 is 5.97 Å². The van der Waals surface area contributed by atoms with Gasteiger partial charge in [0.2, 0.25) is 0 Å². The summed E-state index contributed by atoms with van der Waals surface area (Å²) in [6, 6.07) is 1.33. The average Bonchev–Trinajstić information content (AvgIpc) is 1.85. The SMILES string of the molecule is O=C(O)c1ncc(Cl)cc1Cl.[H-].[Na+]. The first-order chi connectivity index (χ1) is 5.11. The third-order valence-corrected chi connectivity index (χ3v) is 1.51. The van der Waals surface area contributed by atoms with Crippen LogP contribution in [0.4, 0.5) is 0 Å². The number of carboxylic acids is 1. The van der Waals surface area contributed by atoms with E-state index in [0.29, 0.717) is 5.02 Å². The maximum atomic E-state index is 10.3. The Balaban J connectivity index is 0. The summed E-state index contributed by atoms with van der Waals surface area (Å²) in [5, 5.41) is 8.83. The van der Waals surface area contributed by atoms with Gasteiger partial charge < -0.3 is 6.53 Å². The van der Waals surface area contributed by atoms with Crippen LogP contribution in [0, 0.1) is 0 Å². The number of carbonyl (C=O) groups is 1. The van der Waals surface area contributed by atoms with Gasteiger partial charge in [0.05, 0.1) is 10.0 Å². The first-order valence-corrected chi connectivity index (χ1v) is 3.41. The number of nitrogens with zero attached hydrogens (tertiary/aromatic N) is 1. The second kappa shape index (κ2) is 5.04. The number of pyridine rings is 1. The van der Waals surface area contributed by atoms with Crippen LogP contribution in [-0.2, 0) is 0 Å². The molecule has 3 nitrogen and oxygen atoms in total. The zero-order chi connectivity index (χ0) is 8.43. The van der Waals surface area contributed by atoms with Crippen molar-refractivity contribution in [2.24, 2.45) is 0 Å². The molecule has 1 heterocycles. The van der Waals surface area contributed by atoms with Gasteiger partial charge in [-0.05, 0) is 6.07 Å². The van der Waals surface area contributed by atoms with E-state index >= 15 is 0 Å². The monoisotopic (exact) mass is 215 g/mol. The van der Waals surface area contributed by atoms with Gasteiger partial charge in [-0.15, -0.1) is 0 Å². The van der Waals surface area contributed by atoms with Crippen LogP contribution in [0.2, 0.25) is 10.0 Å². The van der Waals surface area contributed by atoms with Gasteiger partial charge in [0, 0.05) is 6.20 Å². The van der Waals surface area contributed by atoms with Gasteiger partial charge in [0.15, 0.2) is 5.69 Å². The molecule has 0 bridgehead atoms. The summed E-state index contributed by atoms with van der Waals surface area (Å²) >= 11 is 11.0. The fourth-order valence-electron chi connectivity index (χ4n) is 0.572. The van der Waals surface area contributed by atoms with Crippen molar-refractivity contribution >= 4 is 29.2 Å². The Labute approximate surface area is 102 Å². The molecular weight excluding hydrogens is 212 g/mol. The second-order valence-electron chi connectivity index (χ2n) is 1.79. The van der Waals surface area contributed by atoms with E-state index in [1.54, 1.807) is 0 Å². The van der Waals surface area contributed by atoms with Crippen molar-refractivity contribution in [2.45, 2.75) is 0 Å².